The van der Waals surface area contributed by atoms with Gasteiger partial charge in [0.2, 0.25) is 11.8 Å². The molecule has 2 N–H and O–H groups in total. The van der Waals surface area contributed by atoms with Gasteiger partial charge in [0.05, 0.1) is 17.8 Å². The molecule has 0 saturated carbocycles. The standard InChI is InChI=1S/C45H90N2O4/c1-8-10-12-14-16-18-20-22-24-26-28-30-32-41(33-31-29-27-25-23-21-19-17-15-13-11-9-2)40-47-43(49)35-34-42(48)46-38-36-45(5,6)51-39-37-44(3,4)50-7/h41H,8-40H2,1-7H3,(H,46,48)(H,47,49). The summed E-state index contributed by atoms with van der Waals surface area (Å²) in [5.74, 6) is 0.487. The van der Waals surface area contributed by atoms with Crippen LogP contribution in [0.4, 0.5) is 0 Å². The highest BCUT2D eigenvalue weighted by atomic mass is 16.5. The van der Waals surface area contributed by atoms with E-state index < -0.39 is 0 Å². The minimum atomic E-state index is -0.329. The highest BCUT2D eigenvalue weighted by Crippen LogP contribution is 2.21. The van der Waals surface area contributed by atoms with Gasteiger partial charge in [-0.05, 0) is 59.3 Å². The molecule has 0 aromatic rings. The molecule has 0 heterocycles. The number of carbonyl (C=O) groups is 2. The van der Waals surface area contributed by atoms with Gasteiger partial charge < -0.3 is 20.1 Å². The van der Waals surface area contributed by atoms with E-state index in [0.29, 0.717) is 19.1 Å². The molecule has 0 atom stereocenters. The van der Waals surface area contributed by atoms with E-state index in [1.54, 1.807) is 7.11 Å². The van der Waals surface area contributed by atoms with Crippen LogP contribution in [0.2, 0.25) is 0 Å². The molecule has 6 heteroatoms. The first-order valence-electron chi connectivity index (χ1n) is 22.3. The van der Waals surface area contributed by atoms with E-state index in [4.69, 9.17) is 9.47 Å². The predicted octanol–water partition coefficient (Wildman–Crippen LogP) is 12.8. The van der Waals surface area contributed by atoms with Crippen LogP contribution < -0.4 is 10.6 Å². The second kappa shape index (κ2) is 34.6. The first kappa shape index (κ1) is 49.9. The lowest BCUT2D eigenvalue weighted by atomic mass is 9.93. The lowest BCUT2D eigenvalue weighted by molar-refractivity contribution is -0.126. The summed E-state index contributed by atoms with van der Waals surface area (Å²) in [6, 6.07) is 0. The van der Waals surface area contributed by atoms with Crippen molar-refractivity contribution in [3.8, 4) is 0 Å². The maximum atomic E-state index is 12.7. The molecule has 0 saturated heterocycles. The number of unbranched alkanes of at least 4 members (excludes halogenated alkanes) is 22. The third kappa shape index (κ3) is 35.6. The zero-order valence-electron chi connectivity index (χ0n) is 35.5. The Morgan fingerprint density at radius 1 is 0.510 bits per heavy atom. The molecule has 0 fully saturated rings. The fourth-order valence-corrected chi connectivity index (χ4v) is 6.81. The lowest BCUT2D eigenvalue weighted by Crippen LogP contribution is -2.35. The molecule has 0 radical (unpaired) electrons. The van der Waals surface area contributed by atoms with E-state index in [9.17, 15) is 9.59 Å². The van der Waals surface area contributed by atoms with Crippen LogP contribution in [0.15, 0.2) is 0 Å². The number of ether oxygens (including phenoxy) is 2. The van der Waals surface area contributed by atoms with Crippen molar-refractivity contribution in [2.45, 2.75) is 245 Å². The SMILES string of the molecule is CCCCCCCCCCCCCCC(CCCCCCCCCCCCCC)CNC(=O)CCC(=O)NCCC(C)(C)OCCC(C)(C)OC. The van der Waals surface area contributed by atoms with Crippen LogP contribution in [0.5, 0.6) is 0 Å². The van der Waals surface area contributed by atoms with E-state index in [2.05, 4.69) is 52.2 Å². The van der Waals surface area contributed by atoms with Crippen molar-refractivity contribution in [3.63, 3.8) is 0 Å². The average molecular weight is 723 g/mol. The molecule has 2 amide bonds. The maximum Gasteiger partial charge on any atom is 0.220 e. The Labute approximate surface area is 318 Å². The van der Waals surface area contributed by atoms with E-state index in [0.717, 1.165) is 19.4 Å². The van der Waals surface area contributed by atoms with E-state index in [1.807, 2.05) is 0 Å². The van der Waals surface area contributed by atoms with Gasteiger partial charge in [0.15, 0.2) is 0 Å². The summed E-state index contributed by atoms with van der Waals surface area (Å²) in [7, 11) is 1.72. The number of methoxy groups -OCH3 is 1. The van der Waals surface area contributed by atoms with E-state index in [-0.39, 0.29) is 35.9 Å². The summed E-state index contributed by atoms with van der Waals surface area (Å²) in [5, 5.41) is 6.18. The van der Waals surface area contributed by atoms with Crippen LogP contribution in [0.1, 0.15) is 234 Å². The van der Waals surface area contributed by atoms with E-state index in [1.165, 1.54) is 167 Å². The normalized spacial score (nSPS) is 12.2. The van der Waals surface area contributed by atoms with Crippen LogP contribution in [0.25, 0.3) is 0 Å². The fourth-order valence-electron chi connectivity index (χ4n) is 6.81. The fraction of sp³-hybridized carbons (Fsp3) is 0.956. The molecule has 0 aliphatic heterocycles. The van der Waals surface area contributed by atoms with Crippen LogP contribution in [-0.4, -0.2) is 49.8 Å². The number of amides is 2. The zero-order valence-corrected chi connectivity index (χ0v) is 35.5. The largest absolute Gasteiger partial charge is 0.379 e. The Bertz CT molecular complexity index is 756. The van der Waals surface area contributed by atoms with Crippen molar-refractivity contribution in [3.05, 3.63) is 0 Å². The molecule has 6 nitrogen and oxygen atoms in total. The van der Waals surface area contributed by atoms with Crippen LogP contribution >= 0.6 is 0 Å². The van der Waals surface area contributed by atoms with Gasteiger partial charge in [0.25, 0.3) is 0 Å². The Kier molecular flexibility index (Phi) is 33.8. The molecule has 0 spiro atoms. The van der Waals surface area contributed by atoms with Crippen LogP contribution in [0, 0.1) is 5.92 Å². The molecule has 0 aliphatic rings. The molecule has 0 aromatic carbocycles. The van der Waals surface area contributed by atoms with Crippen molar-refractivity contribution < 1.29 is 19.1 Å². The van der Waals surface area contributed by atoms with Gasteiger partial charge in [-0.2, -0.15) is 0 Å². The summed E-state index contributed by atoms with van der Waals surface area (Å²) < 4.78 is 11.5. The molecule has 0 aromatic heterocycles. The van der Waals surface area contributed by atoms with Gasteiger partial charge in [0, 0.05) is 33.0 Å². The lowest BCUT2D eigenvalue weighted by Gasteiger charge is -2.29. The van der Waals surface area contributed by atoms with Gasteiger partial charge in [0.1, 0.15) is 0 Å². The van der Waals surface area contributed by atoms with Crippen molar-refractivity contribution in [1.29, 1.82) is 0 Å². The second-order valence-electron chi connectivity index (χ2n) is 16.9. The molecular weight excluding hydrogens is 633 g/mol. The molecule has 0 bridgehead atoms. The molecule has 0 aliphatic carbocycles. The topological polar surface area (TPSA) is 76.7 Å². The Hall–Kier alpha value is -1.14. The van der Waals surface area contributed by atoms with Crippen molar-refractivity contribution >= 4 is 11.8 Å². The number of nitrogens with one attached hydrogen (secondary N) is 2. The Balaban J connectivity index is 4.35. The van der Waals surface area contributed by atoms with Gasteiger partial charge >= 0.3 is 0 Å². The van der Waals surface area contributed by atoms with E-state index >= 15 is 0 Å². The van der Waals surface area contributed by atoms with Crippen LogP contribution in [-0.2, 0) is 19.1 Å². The first-order chi connectivity index (χ1) is 24.5. The summed E-state index contributed by atoms with van der Waals surface area (Å²) in [6.45, 7) is 14.7. The second-order valence-corrected chi connectivity index (χ2v) is 16.9. The monoisotopic (exact) mass is 723 g/mol. The van der Waals surface area contributed by atoms with Crippen molar-refractivity contribution in [1.82, 2.24) is 10.6 Å². The first-order valence-corrected chi connectivity index (χ1v) is 22.3. The zero-order chi connectivity index (χ0) is 37.9. The van der Waals surface area contributed by atoms with Gasteiger partial charge in [-0.15, -0.1) is 0 Å². The smallest absolute Gasteiger partial charge is 0.220 e. The van der Waals surface area contributed by atoms with Crippen molar-refractivity contribution in [2.24, 2.45) is 5.92 Å². The highest BCUT2D eigenvalue weighted by molar-refractivity contribution is 5.83. The minimum Gasteiger partial charge on any atom is -0.379 e. The summed E-state index contributed by atoms with van der Waals surface area (Å²) in [6.07, 6.45) is 37.4. The third-order valence-corrected chi connectivity index (χ3v) is 10.9. The third-order valence-electron chi connectivity index (χ3n) is 10.9. The Morgan fingerprint density at radius 3 is 1.27 bits per heavy atom. The number of rotatable bonds is 39. The highest BCUT2D eigenvalue weighted by Gasteiger charge is 2.22. The van der Waals surface area contributed by atoms with Crippen LogP contribution in [0.3, 0.4) is 0 Å². The molecule has 0 unspecified atom stereocenters. The number of carbonyl (C=O) groups excluding carboxylic acids is 2. The number of hydrogen-bond donors (Lipinski definition) is 2. The molecular formula is C45H90N2O4. The number of hydrogen-bond acceptors (Lipinski definition) is 4. The predicted molar refractivity (Wildman–Crippen MR) is 220 cm³/mol. The Morgan fingerprint density at radius 2 is 0.882 bits per heavy atom. The minimum absolute atomic E-state index is 0.00367. The van der Waals surface area contributed by atoms with Crippen molar-refractivity contribution in [2.75, 3.05) is 26.8 Å². The average Bonchev–Trinajstić information content (AvgIpc) is 3.09. The van der Waals surface area contributed by atoms with Gasteiger partial charge in [-0.3, -0.25) is 9.59 Å². The summed E-state index contributed by atoms with van der Waals surface area (Å²) in [4.78, 5) is 25.2. The summed E-state index contributed by atoms with van der Waals surface area (Å²) >= 11 is 0. The van der Waals surface area contributed by atoms with Gasteiger partial charge in [-0.1, -0.05) is 168 Å². The maximum absolute atomic E-state index is 12.7. The molecule has 304 valence electrons. The summed E-state index contributed by atoms with van der Waals surface area (Å²) in [5.41, 5.74) is -0.533. The molecule has 0 rings (SSSR count). The molecule has 51 heavy (non-hydrogen) atoms. The van der Waals surface area contributed by atoms with Gasteiger partial charge in [-0.25, -0.2) is 0 Å². The quantitative estimate of drug-likeness (QED) is 0.0619.